The maximum absolute atomic E-state index is 11.8. The fraction of sp³-hybridized carbons (Fsp3) is 0.529. The first-order valence-corrected chi connectivity index (χ1v) is 8.79. The number of halogens is 2. The average Bonchev–Trinajstić information content (AvgIpc) is 3.40. The van der Waals surface area contributed by atoms with Crippen LogP contribution in [0.3, 0.4) is 0 Å². The van der Waals surface area contributed by atoms with E-state index in [1.807, 2.05) is 18.2 Å². The van der Waals surface area contributed by atoms with E-state index in [0.717, 1.165) is 55.7 Å². The van der Waals surface area contributed by atoms with Crippen LogP contribution in [0, 0.1) is 0 Å². The van der Waals surface area contributed by atoms with E-state index in [4.69, 9.17) is 11.6 Å². The van der Waals surface area contributed by atoms with Crippen LogP contribution < -0.4 is 15.5 Å². The molecule has 2 fully saturated rings. The SMILES string of the molecule is CN=C(NCC(=O)NC1CC1)N1CCN(c2cccc(Cl)c2)CC1.I. The Morgan fingerprint density at radius 1 is 1.28 bits per heavy atom. The molecule has 1 heterocycles. The maximum atomic E-state index is 11.8. The first-order valence-electron chi connectivity index (χ1n) is 8.41. The summed E-state index contributed by atoms with van der Waals surface area (Å²) >= 11 is 6.07. The van der Waals surface area contributed by atoms with E-state index in [-0.39, 0.29) is 36.4 Å². The molecule has 1 aliphatic heterocycles. The van der Waals surface area contributed by atoms with E-state index in [1.165, 1.54) is 0 Å². The number of piperazine rings is 1. The summed E-state index contributed by atoms with van der Waals surface area (Å²) in [5, 5.41) is 6.89. The Morgan fingerprint density at radius 2 is 2.00 bits per heavy atom. The van der Waals surface area contributed by atoms with Crippen molar-refractivity contribution in [3.05, 3.63) is 29.3 Å². The molecule has 2 aliphatic rings. The fourth-order valence-corrected chi connectivity index (χ4v) is 3.03. The van der Waals surface area contributed by atoms with Gasteiger partial charge < -0.3 is 20.4 Å². The predicted molar refractivity (Wildman–Crippen MR) is 113 cm³/mol. The van der Waals surface area contributed by atoms with Gasteiger partial charge in [-0.2, -0.15) is 0 Å². The van der Waals surface area contributed by atoms with Crippen LogP contribution in [-0.4, -0.2) is 62.6 Å². The lowest BCUT2D eigenvalue weighted by atomic mass is 10.2. The quantitative estimate of drug-likeness (QED) is 0.395. The minimum atomic E-state index is 0. The molecule has 0 aromatic heterocycles. The van der Waals surface area contributed by atoms with Gasteiger partial charge in [-0.05, 0) is 31.0 Å². The molecule has 0 radical (unpaired) electrons. The normalized spacial score (nSPS) is 17.8. The molecule has 8 heteroatoms. The zero-order chi connectivity index (χ0) is 16.9. The number of hydrogen-bond donors (Lipinski definition) is 2. The van der Waals surface area contributed by atoms with Crippen LogP contribution in [0.5, 0.6) is 0 Å². The Hall–Kier alpha value is -1.22. The topological polar surface area (TPSA) is 60.0 Å². The van der Waals surface area contributed by atoms with Gasteiger partial charge in [0.05, 0.1) is 6.54 Å². The average molecular weight is 478 g/mol. The van der Waals surface area contributed by atoms with Crippen LogP contribution in [0.2, 0.25) is 5.02 Å². The molecule has 0 unspecified atom stereocenters. The summed E-state index contributed by atoms with van der Waals surface area (Å²) in [6.07, 6.45) is 2.21. The zero-order valence-corrected chi connectivity index (χ0v) is 17.5. The molecule has 1 aliphatic carbocycles. The minimum Gasteiger partial charge on any atom is -0.368 e. The van der Waals surface area contributed by atoms with Crippen LogP contribution in [0.1, 0.15) is 12.8 Å². The molecule has 0 atom stereocenters. The predicted octanol–water partition coefficient (Wildman–Crippen LogP) is 1.93. The molecule has 1 saturated carbocycles. The van der Waals surface area contributed by atoms with Gasteiger partial charge in [-0.15, -0.1) is 24.0 Å². The summed E-state index contributed by atoms with van der Waals surface area (Å²) in [5.41, 5.74) is 1.15. The van der Waals surface area contributed by atoms with Gasteiger partial charge >= 0.3 is 0 Å². The number of guanidine groups is 1. The highest BCUT2D eigenvalue weighted by atomic mass is 127. The van der Waals surface area contributed by atoms with Crippen LogP contribution in [0.15, 0.2) is 29.3 Å². The van der Waals surface area contributed by atoms with E-state index >= 15 is 0 Å². The van der Waals surface area contributed by atoms with Crippen molar-refractivity contribution in [2.75, 3.05) is 44.7 Å². The van der Waals surface area contributed by atoms with Gasteiger partial charge in [0.15, 0.2) is 5.96 Å². The van der Waals surface area contributed by atoms with Crippen molar-refractivity contribution in [2.45, 2.75) is 18.9 Å². The van der Waals surface area contributed by atoms with Crippen LogP contribution >= 0.6 is 35.6 Å². The van der Waals surface area contributed by atoms with Crippen LogP contribution in [-0.2, 0) is 4.79 Å². The van der Waals surface area contributed by atoms with Gasteiger partial charge in [-0.25, -0.2) is 0 Å². The third kappa shape index (κ3) is 5.91. The number of benzene rings is 1. The second-order valence-electron chi connectivity index (χ2n) is 6.20. The largest absolute Gasteiger partial charge is 0.368 e. The lowest BCUT2D eigenvalue weighted by molar-refractivity contribution is -0.120. The third-order valence-electron chi connectivity index (χ3n) is 4.31. The van der Waals surface area contributed by atoms with E-state index < -0.39 is 0 Å². The number of aliphatic imine (C=N–C) groups is 1. The van der Waals surface area contributed by atoms with E-state index in [1.54, 1.807) is 7.05 Å². The second kappa shape index (κ2) is 9.47. The second-order valence-corrected chi connectivity index (χ2v) is 6.63. The fourth-order valence-electron chi connectivity index (χ4n) is 2.85. The van der Waals surface area contributed by atoms with E-state index in [9.17, 15) is 4.79 Å². The lowest BCUT2D eigenvalue weighted by Crippen LogP contribution is -2.53. The highest BCUT2D eigenvalue weighted by molar-refractivity contribution is 14.0. The molecule has 0 spiro atoms. The highest BCUT2D eigenvalue weighted by Crippen LogP contribution is 2.21. The smallest absolute Gasteiger partial charge is 0.239 e. The molecule has 0 bridgehead atoms. The van der Waals surface area contributed by atoms with Crippen molar-refractivity contribution in [3.8, 4) is 0 Å². The number of hydrogen-bond acceptors (Lipinski definition) is 3. The summed E-state index contributed by atoms with van der Waals surface area (Å²) in [6, 6.07) is 8.33. The first-order chi connectivity index (χ1) is 11.7. The first kappa shape index (κ1) is 20.1. The summed E-state index contributed by atoms with van der Waals surface area (Å²) in [6.45, 7) is 3.79. The summed E-state index contributed by atoms with van der Waals surface area (Å²) < 4.78 is 0. The van der Waals surface area contributed by atoms with Gasteiger partial charge in [-0.1, -0.05) is 17.7 Å². The van der Waals surface area contributed by atoms with E-state index in [2.05, 4.69) is 31.5 Å². The van der Waals surface area contributed by atoms with E-state index in [0.29, 0.717) is 6.04 Å². The number of carbonyl (C=O) groups excluding carboxylic acids is 1. The number of amides is 1. The van der Waals surface area contributed by atoms with Crippen LogP contribution in [0.25, 0.3) is 0 Å². The van der Waals surface area contributed by atoms with Crippen molar-refractivity contribution < 1.29 is 4.79 Å². The van der Waals surface area contributed by atoms with Gasteiger partial charge in [0.2, 0.25) is 5.91 Å². The van der Waals surface area contributed by atoms with Gasteiger partial charge in [0, 0.05) is 50.0 Å². The molecule has 1 saturated heterocycles. The van der Waals surface area contributed by atoms with Crippen molar-refractivity contribution in [3.63, 3.8) is 0 Å². The maximum Gasteiger partial charge on any atom is 0.239 e. The summed E-state index contributed by atoms with van der Waals surface area (Å²) in [7, 11) is 1.75. The monoisotopic (exact) mass is 477 g/mol. The molecule has 1 aromatic carbocycles. The number of nitrogens with one attached hydrogen (secondary N) is 2. The van der Waals surface area contributed by atoms with Crippen LogP contribution in [0.4, 0.5) is 5.69 Å². The Kier molecular flexibility index (Phi) is 7.61. The Bertz CT molecular complexity index is 615. The summed E-state index contributed by atoms with van der Waals surface area (Å²) in [5.74, 6) is 0.822. The third-order valence-corrected chi connectivity index (χ3v) is 4.55. The molecular formula is C17H25ClIN5O. The zero-order valence-electron chi connectivity index (χ0n) is 14.4. The number of nitrogens with zero attached hydrogens (tertiary/aromatic N) is 3. The molecular weight excluding hydrogens is 453 g/mol. The molecule has 3 rings (SSSR count). The van der Waals surface area contributed by atoms with Gasteiger partial charge in [0.1, 0.15) is 0 Å². The minimum absolute atomic E-state index is 0. The lowest BCUT2D eigenvalue weighted by Gasteiger charge is -2.37. The molecule has 25 heavy (non-hydrogen) atoms. The Labute approximate surface area is 171 Å². The van der Waals surface area contributed by atoms with Gasteiger partial charge in [-0.3, -0.25) is 9.79 Å². The standard InChI is InChI=1S/C17H24ClN5O.HI/c1-19-17(20-12-16(24)21-14-5-6-14)23-9-7-22(8-10-23)15-4-2-3-13(18)11-15;/h2-4,11,14H,5-10,12H2,1H3,(H,19,20)(H,21,24);1H. The summed E-state index contributed by atoms with van der Waals surface area (Å²) in [4.78, 5) is 20.6. The molecule has 1 aromatic rings. The van der Waals surface area contributed by atoms with Crippen molar-refractivity contribution in [2.24, 2.45) is 4.99 Å². The molecule has 6 nitrogen and oxygen atoms in total. The molecule has 138 valence electrons. The van der Waals surface area contributed by atoms with Gasteiger partial charge in [0.25, 0.3) is 0 Å². The number of carbonyl (C=O) groups is 1. The van der Waals surface area contributed by atoms with Crippen molar-refractivity contribution in [1.82, 2.24) is 15.5 Å². The van der Waals surface area contributed by atoms with Crippen molar-refractivity contribution >= 4 is 53.1 Å². The molecule has 2 N–H and O–H groups in total. The number of anilines is 1. The number of rotatable bonds is 4. The molecule has 1 amide bonds. The van der Waals surface area contributed by atoms with Crippen molar-refractivity contribution in [1.29, 1.82) is 0 Å². The Balaban J connectivity index is 0.00000225. The Morgan fingerprint density at radius 3 is 2.60 bits per heavy atom. The highest BCUT2D eigenvalue weighted by Gasteiger charge is 2.24.